The number of nitrogens with one attached hydrogen (secondary N) is 2. The second-order valence-electron chi connectivity index (χ2n) is 5.47. The molecule has 0 spiro atoms. The molecule has 0 radical (unpaired) electrons. The smallest absolute Gasteiger partial charge is 0.332 e. The maximum Gasteiger partial charge on any atom is 0.332 e. The van der Waals surface area contributed by atoms with Gasteiger partial charge in [-0.2, -0.15) is 5.10 Å². The topological polar surface area (TPSA) is 114 Å². The molecule has 0 saturated heterocycles. The van der Waals surface area contributed by atoms with Gasteiger partial charge < -0.3 is 4.98 Å². The normalized spacial score (nSPS) is 11.3. The number of hydrogen-bond donors (Lipinski definition) is 2. The van der Waals surface area contributed by atoms with Crippen LogP contribution in [0.3, 0.4) is 0 Å². The molecule has 25 heavy (non-hydrogen) atoms. The van der Waals surface area contributed by atoms with E-state index in [-0.39, 0.29) is 23.4 Å². The van der Waals surface area contributed by atoms with E-state index < -0.39 is 17.2 Å². The van der Waals surface area contributed by atoms with E-state index in [2.05, 4.69) is 20.5 Å². The third-order valence-corrected chi connectivity index (χ3v) is 3.67. The number of carbonyl (C=O) groups is 1. The summed E-state index contributed by atoms with van der Waals surface area (Å²) >= 11 is 0. The van der Waals surface area contributed by atoms with E-state index in [1.54, 1.807) is 0 Å². The van der Waals surface area contributed by atoms with Crippen molar-refractivity contribution in [2.45, 2.75) is 6.42 Å². The SMILES string of the molecule is Cn1c(=O)c2[nH]c(CC(=O)N/N=C/c3ccccc3)nc2n(C)c1=O. The lowest BCUT2D eigenvalue weighted by Gasteiger charge is -2.00. The van der Waals surface area contributed by atoms with E-state index in [9.17, 15) is 14.4 Å². The van der Waals surface area contributed by atoms with Crippen LogP contribution in [0.4, 0.5) is 0 Å². The molecule has 2 aromatic heterocycles. The van der Waals surface area contributed by atoms with Crippen LogP contribution in [0.5, 0.6) is 0 Å². The molecule has 0 bridgehead atoms. The van der Waals surface area contributed by atoms with Gasteiger partial charge in [-0.3, -0.25) is 18.7 Å². The lowest BCUT2D eigenvalue weighted by molar-refractivity contribution is -0.120. The number of hydrazone groups is 1. The first-order valence-corrected chi connectivity index (χ1v) is 7.49. The predicted molar refractivity (Wildman–Crippen MR) is 92.5 cm³/mol. The number of H-pyrrole nitrogens is 1. The van der Waals surface area contributed by atoms with E-state index in [0.717, 1.165) is 10.1 Å². The molecule has 1 amide bonds. The van der Waals surface area contributed by atoms with Crippen LogP contribution < -0.4 is 16.7 Å². The van der Waals surface area contributed by atoms with Crippen molar-refractivity contribution in [3.8, 4) is 0 Å². The van der Waals surface area contributed by atoms with E-state index in [0.29, 0.717) is 0 Å². The van der Waals surface area contributed by atoms with Crippen molar-refractivity contribution in [3.05, 3.63) is 62.6 Å². The van der Waals surface area contributed by atoms with Crippen molar-refractivity contribution in [2.24, 2.45) is 19.2 Å². The number of amides is 1. The molecular weight excluding hydrogens is 324 g/mol. The van der Waals surface area contributed by atoms with Gasteiger partial charge in [0.25, 0.3) is 5.56 Å². The average Bonchev–Trinajstić information content (AvgIpc) is 3.03. The second-order valence-corrected chi connectivity index (χ2v) is 5.47. The van der Waals surface area contributed by atoms with Crippen molar-refractivity contribution >= 4 is 23.3 Å². The molecule has 9 nitrogen and oxygen atoms in total. The summed E-state index contributed by atoms with van der Waals surface area (Å²) in [5.74, 6) is -0.117. The molecule has 0 fully saturated rings. The highest BCUT2D eigenvalue weighted by Crippen LogP contribution is 2.04. The number of rotatable bonds is 4. The molecule has 2 heterocycles. The summed E-state index contributed by atoms with van der Waals surface area (Å²) in [6, 6.07) is 9.32. The number of carbonyl (C=O) groups excluding carboxylic acids is 1. The Bertz CT molecular complexity index is 1070. The molecule has 0 aliphatic carbocycles. The molecule has 3 rings (SSSR count). The Balaban J connectivity index is 1.77. The van der Waals surface area contributed by atoms with E-state index in [1.807, 2.05) is 30.3 Å². The predicted octanol–water partition coefficient (Wildman–Crippen LogP) is -0.347. The number of imidazole rings is 1. The zero-order chi connectivity index (χ0) is 18.0. The van der Waals surface area contributed by atoms with Gasteiger partial charge in [0.15, 0.2) is 5.65 Å². The Morgan fingerprint density at radius 1 is 1.24 bits per heavy atom. The van der Waals surface area contributed by atoms with E-state index in [1.165, 1.54) is 24.9 Å². The number of hydrogen-bond acceptors (Lipinski definition) is 5. The number of aryl methyl sites for hydroxylation is 1. The largest absolute Gasteiger partial charge is 0.336 e. The Morgan fingerprint density at radius 3 is 2.68 bits per heavy atom. The molecule has 0 aliphatic heterocycles. The molecule has 0 saturated carbocycles. The fourth-order valence-corrected chi connectivity index (χ4v) is 2.37. The molecular formula is C16H16N6O3. The van der Waals surface area contributed by atoms with E-state index >= 15 is 0 Å². The number of benzene rings is 1. The number of aromatic amines is 1. The minimum absolute atomic E-state index is 0.0991. The van der Waals surface area contributed by atoms with Gasteiger partial charge in [0.1, 0.15) is 11.3 Å². The van der Waals surface area contributed by atoms with Gasteiger partial charge >= 0.3 is 5.69 Å². The maximum absolute atomic E-state index is 12.1. The Hall–Kier alpha value is -3.49. The fraction of sp³-hybridized carbons (Fsp3) is 0.188. The van der Waals surface area contributed by atoms with Crippen LogP contribution in [0.25, 0.3) is 11.2 Å². The summed E-state index contributed by atoms with van der Waals surface area (Å²) in [5, 5.41) is 3.87. The van der Waals surface area contributed by atoms with Crippen LogP contribution in [0.2, 0.25) is 0 Å². The Labute approximate surface area is 141 Å². The van der Waals surface area contributed by atoms with Gasteiger partial charge in [0.05, 0.1) is 12.6 Å². The molecule has 1 aromatic carbocycles. The van der Waals surface area contributed by atoms with Crippen molar-refractivity contribution in [1.82, 2.24) is 24.5 Å². The van der Waals surface area contributed by atoms with Crippen molar-refractivity contribution in [3.63, 3.8) is 0 Å². The van der Waals surface area contributed by atoms with Gasteiger partial charge in [-0.15, -0.1) is 0 Å². The first kappa shape index (κ1) is 16.4. The van der Waals surface area contributed by atoms with E-state index in [4.69, 9.17) is 0 Å². The number of aromatic nitrogens is 4. The fourth-order valence-electron chi connectivity index (χ4n) is 2.37. The third kappa shape index (κ3) is 3.25. The highest BCUT2D eigenvalue weighted by Gasteiger charge is 2.14. The lowest BCUT2D eigenvalue weighted by Crippen LogP contribution is -2.36. The lowest BCUT2D eigenvalue weighted by atomic mass is 10.2. The zero-order valence-corrected chi connectivity index (χ0v) is 13.7. The highest BCUT2D eigenvalue weighted by atomic mass is 16.2. The van der Waals surface area contributed by atoms with Crippen LogP contribution in [0, 0.1) is 0 Å². The summed E-state index contributed by atoms with van der Waals surface area (Å²) < 4.78 is 2.23. The summed E-state index contributed by atoms with van der Waals surface area (Å²) in [7, 11) is 2.90. The minimum atomic E-state index is -0.487. The van der Waals surface area contributed by atoms with Crippen molar-refractivity contribution in [2.75, 3.05) is 0 Å². The second kappa shape index (κ2) is 6.56. The molecule has 9 heteroatoms. The average molecular weight is 340 g/mol. The van der Waals surface area contributed by atoms with Crippen LogP contribution in [-0.2, 0) is 25.3 Å². The summed E-state index contributed by atoms with van der Waals surface area (Å²) in [4.78, 5) is 42.9. The molecule has 0 aliphatic rings. The Kier molecular flexibility index (Phi) is 4.29. The standard InChI is InChI=1S/C16H16N6O3/c1-21-14-13(15(24)22(2)16(21)25)18-11(19-14)8-12(23)20-17-9-10-6-4-3-5-7-10/h3-7,9H,8H2,1-2H3,(H,18,19)(H,20,23)/b17-9+. The number of fused-ring (bicyclic) bond motifs is 1. The monoisotopic (exact) mass is 340 g/mol. The highest BCUT2D eigenvalue weighted by molar-refractivity contribution is 5.83. The summed E-state index contributed by atoms with van der Waals surface area (Å²) in [5.41, 5.74) is 2.67. The Morgan fingerprint density at radius 2 is 1.96 bits per heavy atom. The van der Waals surface area contributed by atoms with Crippen molar-refractivity contribution in [1.29, 1.82) is 0 Å². The molecule has 3 aromatic rings. The van der Waals surface area contributed by atoms with Gasteiger partial charge in [-0.05, 0) is 5.56 Å². The maximum atomic E-state index is 12.1. The van der Waals surface area contributed by atoms with Crippen molar-refractivity contribution < 1.29 is 4.79 Å². The first-order valence-electron chi connectivity index (χ1n) is 7.49. The quantitative estimate of drug-likeness (QED) is 0.499. The van der Waals surface area contributed by atoms with Gasteiger partial charge in [0.2, 0.25) is 5.91 Å². The molecule has 128 valence electrons. The van der Waals surface area contributed by atoms with Crippen LogP contribution in [0.1, 0.15) is 11.4 Å². The zero-order valence-electron chi connectivity index (χ0n) is 13.7. The minimum Gasteiger partial charge on any atom is -0.336 e. The number of nitrogens with zero attached hydrogens (tertiary/aromatic N) is 4. The summed E-state index contributed by atoms with van der Waals surface area (Å²) in [6.07, 6.45) is 1.42. The first-order chi connectivity index (χ1) is 12.0. The van der Waals surface area contributed by atoms with Crippen LogP contribution >= 0.6 is 0 Å². The summed E-state index contributed by atoms with van der Waals surface area (Å²) in [6.45, 7) is 0. The third-order valence-electron chi connectivity index (χ3n) is 3.67. The molecule has 0 unspecified atom stereocenters. The van der Waals surface area contributed by atoms with Gasteiger partial charge in [-0.1, -0.05) is 30.3 Å². The van der Waals surface area contributed by atoms with Crippen LogP contribution in [0.15, 0.2) is 45.0 Å². The van der Waals surface area contributed by atoms with Gasteiger partial charge in [0, 0.05) is 14.1 Å². The molecule has 2 N–H and O–H groups in total. The van der Waals surface area contributed by atoms with Crippen LogP contribution in [-0.4, -0.2) is 31.2 Å². The van der Waals surface area contributed by atoms with Gasteiger partial charge in [-0.25, -0.2) is 15.2 Å². The molecule has 0 atom stereocenters.